The van der Waals surface area contributed by atoms with Crippen molar-refractivity contribution in [2.45, 2.75) is 18.9 Å². The quantitative estimate of drug-likeness (QED) is 0.599. The van der Waals surface area contributed by atoms with Crippen molar-refractivity contribution in [3.05, 3.63) is 50.6 Å². The number of halogens is 2. The number of rotatable bonds is 0. The molecule has 0 N–H and O–H groups in total. The Morgan fingerprint density at radius 1 is 1.12 bits per heavy atom. The molecule has 1 aromatic rings. The van der Waals surface area contributed by atoms with E-state index in [1.54, 1.807) is 0 Å². The van der Waals surface area contributed by atoms with E-state index in [9.17, 15) is 0 Å². The van der Waals surface area contributed by atoms with Crippen LogP contribution in [0.3, 0.4) is 0 Å². The predicted molar refractivity (Wildman–Crippen MR) is 78.7 cm³/mol. The van der Waals surface area contributed by atoms with Crippen molar-refractivity contribution < 1.29 is 0 Å². The summed E-state index contributed by atoms with van der Waals surface area (Å²) in [6, 6.07) is 4.71. The molecule has 2 aliphatic rings. The van der Waals surface area contributed by atoms with Crippen molar-refractivity contribution in [2.24, 2.45) is 0 Å². The zero-order chi connectivity index (χ0) is 11.8. The summed E-state index contributed by atoms with van der Waals surface area (Å²) in [7, 11) is 0. The molecule has 0 spiro atoms. The summed E-state index contributed by atoms with van der Waals surface area (Å²) in [5, 5.41) is 0. The third-order valence-corrected chi connectivity index (χ3v) is 4.81. The standard InChI is InChI=1S/C14H13Br2N/c15-11-5-6-12(16)14-10(11)7-9-17-8-3-1-2-4-13(14)17/h1-2,5-7,9,13H,3-4,8H2. The van der Waals surface area contributed by atoms with Gasteiger partial charge < -0.3 is 4.90 Å². The van der Waals surface area contributed by atoms with Gasteiger partial charge in [-0.25, -0.2) is 0 Å². The van der Waals surface area contributed by atoms with E-state index in [0.29, 0.717) is 6.04 Å². The third-order valence-electron chi connectivity index (χ3n) is 3.43. The summed E-state index contributed by atoms with van der Waals surface area (Å²) in [5.74, 6) is 0. The van der Waals surface area contributed by atoms with Gasteiger partial charge in [-0.3, -0.25) is 0 Å². The van der Waals surface area contributed by atoms with Gasteiger partial charge in [-0.15, -0.1) is 0 Å². The average molecular weight is 355 g/mol. The van der Waals surface area contributed by atoms with Gasteiger partial charge in [0.1, 0.15) is 0 Å². The van der Waals surface area contributed by atoms with E-state index in [0.717, 1.165) is 19.4 Å². The highest BCUT2D eigenvalue weighted by Crippen LogP contribution is 2.41. The lowest BCUT2D eigenvalue weighted by atomic mass is 9.94. The monoisotopic (exact) mass is 353 g/mol. The Kier molecular flexibility index (Phi) is 3.14. The summed E-state index contributed by atoms with van der Waals surface area (Å²) in [5.41, 5.74) is 2.73. The van der Waals surface area contributed by atoms with Gasteiger partial charge in [0.05, 0.1) is 6.04 Å². The second-order valence-corrected chi connectivity index (χ2v) is 6.13. The topological polar surface area (TPSA) is 3.24 Å². The van der Waals surface area contributed by atoms with Gasteiger partial charge in [-0.05, 0) is 42.2 Å². The second-order valence-electron chi connectivity index (χ2n) is 4.42. The molecule has 0 amide bonds. The molecule has 1 unspecified atom stereocenters. The summed E-state index contributed by atoms with van der Waals surface area (Å²) in [6.07, 6.45) is 11.3. The van der Waals surface area contributed by atoms with E-state index >= 15 is 0 Å². The maximum atomic E-state index is 3.70. The first-order chi connectivity index (χ1) is 8.27. The molecular formula is C14H13Br2N. The van der Waals surface area contributed by atoms with E-state index in [-0.39, 0.29) is 0 Å². The molecule has 17 heavy (non-hydrogen) atoms. The van der Waals surface area contributed by atoms with Crippen molar-refractivity contribution in [2.75, 3.05) is 6.54 Å². The molecule has 0 fully saturated rings. The highest BCUT2D eigenvalue weighted by molar-refractivity contribution is 9.11. The zero-order valence-electron chi connectivity index (χ0n) is 9.37. The molecule has 3 rings (SSSR count). The van der Waals surface area contributed by atoms with Crippen molar-refractivity contribution in [3.63, 3.8) is 0 Å². The first-order valence-corrected chi connectivity index (χ1v) is 7.43. The molecule has 1 nitrogen and oxygen atoms in total. The summed E-state index contributed by atoms with van der Waals surface area (Å²) >= 11 is 7.34. The molecule has 1 atom stereocenters. The molecule has 0 saturated carbocycles. The van der Waals surface area contributed by atoms with E-state index in [1.165, 1.54) is 20.1 Å². The largest absolute Gasteiger partial charge is 0.370 e. The fourth-order valence-corrected chi connectivity index (χ4v) is 3.67. The number of nitrogens with zero attached hydrogens (tertiary/aromatic N) is 1. The fraction of sp³-hybridized carbons (Fsp3) is 0.286. The zero-order valence-corrected chi connectivity index (χ0v) is 12.5. The van der Waals surface area contributed by atoms with Crippen LogP contribution in [0.1, 0.15) is 30.0 Å². The summed E-state index contributed by atoms with van der Waals surface area (Å²) in [4.78, 5) is 2.44. The molecule has 88 valence electrons. The Morgan fingerprint density at radius 2 is 1.94 bits per heavy atom. The predicted octanol–water partition coefficient (Wildman–Crippen LogP) is 4.89. The van der Waals surface area contributed by atoms with Crippen molar-refractivity contribution in [1.82, 2.24) is 4.90 Å². The van der Waals surface area contributed by atoms with Crippen LogP contribution >= 0.6 is 31.9 Å². The molecule has 0 bridgehead atoms. The van der Waals surface area contributed by atoms with Crippen LogP contribution in [0, 0.1) is 0 Å². The van der Waals surface area contributed by atoms with Crippen LogP contribution in [-0.4, -0.2) is 11.4 Å². The van der Waals surface area contributed by atoms with Crippen molar-refractivity contribution >= 4 is 37.9 Å². The van der Waals surface area contributed by atoms with Crippen LogP contribution in [0.4, 0.5) is 0 Å². The lowest BCUT2D eigenvalue weighted by Crippen LogP contribution is -2.26. The van der Waals surface area contributed by atoms with E-state index in [1.807, 2.05) is 0 Å². The summed E-state index contributed by atoms with van der Waals surface area (Å²) < 4.78 is 2.39. The van der Waals surface area contributed by atoms with Crippen LogP contribution in [0.2, 0.25) is 0 Å². The first-order valence-electron chi connectivity index (χ1n) is 5.84. The van der Waals surface area contributed by atoms with E-state index < -0.39 is 0 Å². The van der Waals surface area contributed by atoms with Crippen molar-refractivity contribution in [1.29, 1.82) is 0 Å². The highest BCUT2D eigenvalue weighted by atomic mass is 79.9. The minimum atomic E-state index is 0.473. The van der Waals surface area contributed by atoms with Crippen LogP contribution in [0.15, 0.2) is 39.4 Å². The Morgan fingerprint density at radius 3 is 2.82 bits per heavy atom. The minimum Gasteiger partial charge on any atom is -0.370 e. The molecular weight excluding hydrogens is 342 g/mol. The van der Waals surface area contributed by atoms with Gasteiger partial charge in [0.2, 0.25) is 0 Å². The number of benzene rings is 1. The Hall–Kier alpha value is -0.540. The lowest BCUT2D eigenvalue weighted by molar-refractivity contribution is 0.289. The second kappa shape index (κ2) is 4.62. The Bertz CT molecular complexity index is 505. The molecule has 0 aliphatic carbocycles. The van der Waals surface area contributed by atoms with Crippen LogP contribution in [-0.2, 0) is 0 Å². The van der Waals surface area contributed by atoms with Crippen LogP contribution in [0.25, 0.3) is 6.08 Å². The van der Waals surface area contributed by atoms with Gasteiger partial charge >= 0.3 is 0 Å². The molecule has 2 heterocycles. The summed E-state index contributed by atoms with van der Waals surface area (Å²) in [6.45, 7) is 1.11. The molecule has 2 aliphatic heterocycles. The van der Waals surface area contributed by atoms with Crippen LogP contribution < -0.4 is 0 Å². The molecule has 0 aromatic heterocycles. The first kappa shape index (κ1) is 11.5. The van der Waals surface area contributed by atoms with Gasteiger partial charge in [-0.1, -0.05) is 44.0 Å². The maximum Gasteiger partial charge on any atom is 0.0588 e. The molecule has 1 aromatic carbocycles. The Labute approximate surface area is 118 Å². The molecule has 0 saturated heterocycles. The SMILES string of the molecule is Brc1ccc(Br)c2c1C=CN1CCC=CCC21. The lowest BCUT2D eigenvalue weighted by Gasteiger charge is -2.34. The highest BCUT2D eigenvalue weighted by Gasteiger charge is 2.26. The van der Waals surface area contributed by atoms with E-state index in [4.69, 9.17) is 0 Å². The Balaban J connectivity index is 2.15. The van der Waals surface area contributed by atoms with Gasteiger partial charge in [0, 0.05) is 21.7 Å². The smallest absolute Gasteiger partial charge is 0.0588 e. The maximum absolute atomic E-state index is 3.70. The number of hydrogen-bond acceptors (Lipinski definition) is 1. The minimum absolute atomic E-state index is 0.473. The van der Waals surface area contributed by atoms with Crippen LogP contribution in [0.5, 0.6) is 0 Å². The number of fused-ring (bicyclic) bond motifs is 3. The normalized spacial score (nSPS) is 22.0. The number of hydrogen-bond donors (Lipinski definition) is 0. The van der Waals surface area contributed by atoms with Gasteiger partial charge in [0.25, 0.3) is 0 Å². The van der Waals surface area contributed by atoms with Gasteiger partial charge in [0.15, 0.2) is 0 Å². The molecule has 3 heteroatoms. The molecule has 0 radical (unpaired) electrons. The fourth-order valence-electron chi connectivity index (χ4n) is 2.58. The van der Waals surface area contributed by atoms with Gasteiger partial charge in [-0.2, -0.15) is 0 Å². The van der Waals surface area contributed by atoms with E-state index in [2.05, 4.69) is 73.3 Å². The van der Waals surface area contributed by atoms with Crippen molar-refractivity contribution in [3.8, 4) is 0 Å². The average Bonchev–Trinajstić information content (AvgIpc) is 2.58. The third kappa shape index (κ3) is 2.00.